The van der Waals surface area contributed by atoms with Crippen molar-refractivity contribution in [2.45, 2.75) is 129 Å². The van der Waals surface area contributed by atoms with Crippen LogP contribution in [0.2, 0.25) is 0 Å². The summed E-state index contributed by atoms with van der Waals surface area (Å²) in [6, 6.07) is 19.7. The Labute approximate surface area is 279 Å². The molecule has 0 aliphatic rings. The SMILES string of the molecule is CCCCCCCCCC(COP([O-])(=S)SCC(CCCCCCCCC)Oc1ccccc1)Oc1ccccc1.[Zn]. The molecule has 0 amide bonds. The third-order valence-corrected chi connectivity index (χ3v) is 11.5. The molecule has 0 saturated heterocycles. The first-order valence-corrected chi connectivity index (χ1v) is 20.3. The van der Waals surface area contributed by atoms with Gasteiger partial charge in [0.15, 0.2) is 0 Å². The van der Waals surface area contributed by atoms with Gasteiger partial charge in [-0.25, -0.2) is 0 Å². The second kappa shape index (κ2) is 25.9. The molecule has 0 aliphatic heterocycles. The molecule has 234 valence electrons. The molecule has 0 radical (unpaired) electrons. The molecule has 0 saturated carbocycles. The summed E-state index contributed by atoms with van der Waals surface area (Å²) in [6.45, 7) is 4.73. The molecule has 0 heterocycles. The van der Waals surface area contributed by atoms with Crippen molar-refractivity contribution in [2.75, 3.05) is 12.4 Å². The number of para-hydroxylation sites is 2. The Bertz CT molecular complexity index is 851. The van der Waals surface area contributed by atoms with E-state index < -0.39 is 5.69 Å². The molecular formula is C34H54O4PS2Zn-. The first kappa shape index (κ1) is 39.6. The zero-order chi connectivity index (χ0) is 29.4. The van der Waals surface area contributed by atoms with Gasteiger partial charge in [-0.15, -0.1) is 11.4 Å². The van der Waals surface area contributed by atoms with Crippen molar-refractivity contribution in [1.29, 1.82) is 0 Å². The minimum absolute atomic E-state index is 0. The predicted octanol–water partition coefficient (Wildman–Crippen LogP) is 10.5. The second-order valence-electron chi connectivity index (χ2n) is 11.0. The Hall–Kier alpha value is -0.417. The van der Waals surface area contributed by atoms with Gasteiger partial charge < -0.3 is 18.9 Å². The van der Waals surface area contributed by atoms with Crippen LogP contribution in [0.5, 0.6) is 11.5 Å². The Morgan fingerprint density at radius 3 is 1.52 bits per heavy atom. The summed E-state index contributed by atoms with van der Waals surface area (Å²) in [5.41, 5.74) is -3.28. The molecule has 0 fully saturated rings. The van der Waals surface area contributed by atoms with Gasteiger partial charge in [-0.05, 0) is 49.9 Å². The van der Waals surface area contributed by atoms with Crippen molar-refractivity contribution in [3.63, 3.8) is 0 Å². The van der Waals surface area contributed by atoms with Crippen molar-refractivity contribution in [2.24, 2.45) is 0 Å². The van der Waals surface area contributed by atoms with Crippen LogP contribution in [0.3, 0.4) is 0 Å². The fraction of sp³-hybridized carbons (Fsp3) is 0.647. The maximum atomic E-state index is 13.3. The van der Waals surface area contributed by atoms with E-state index in [4.69, 9.17) is 25.8 Å². The smallest absolute Gasteiger partial charge is 0.122 e. The first-order valence-electron chi connectivity index (χ1n) is 16.1. The summed E-state index contributed by atoms with van der Waals surface area (Å²) >= 11 is 6.72. The molecule has 0 aromatic heterocycles. The van der Waals surface area contributed by atoms with Gasteiger partial charge in [0.25, 0.3) is 0 Å². The van der Waals surface area contributed by atoms with E-state index in [1.165, 1.54) is 88.4 Å². The number of hydrogen-bond donors (Lipinski definition) is 0. The van der Waals surface area contributed by atoms with Crippen LogP contribution in [-0.4, -0.2) is 24.6 Å². The molecule has 8 heteroatoms. The summed E-state index contributed by atoms with van der Waals surface area (Å²) in [4.78, 5) is 13.3. The molecular weight excluding hydrogens is 633 g/mol. The monoisotopic (exact) mass is 685 g/mol. The molecule has 3 unspecified atom stereocenters. The zero-order valence-electron chi connectivity index (χ0n) is 26.3. The Balaban J connectivity index is 0.00000882. The molecule has 2 rings (SSSR count). The van der Waals surface area contributed by atoms with E-state index in [1.807, 2.05) is 60.7 Å². The summed E-state index contributed by atoms with van der Waals surface area (Å²) in [6.07, 6.45) is 19.0. The average molecular weight is 687 g/mol. The maximum Gasteiger partial charge on any atom is 0.122 e. The molecule has 0 spiro atoms. The van der Waals surface area contributed by atoms with E-state index in [1.54, 1.807) is 0 Å². The van der Waals surface area contributed by atoms with Gasteiger partial charge in [0.05, 0.1) is 6.61 Å². The van der Waals surface area contributed by atoms with Gasteiger partial charge in [-0.2, -0.15) is 0 Å². The Morgan fingerprint density at radius 1 is 0.643 bits per heavy atom. The van der Waals surface area contributed by atoms with Crippen molar-refractivity contribution in [1.82, 2.24) is 0 Å². The van der Waals surface area contributed by atoms with E-state index >= 15 is 0 Å². The van der Waals surface area contributed by atoms with Gasteiger partial charge in [0.2, 0.25) is 0 Å². The Kier molecular flexibility index (Phi) is 24.4. The molecule has 0 aliphatic carbocycles. The second-order valence-corrected chi connectivity index (χ2v) is 17.1. The molecule has 0 bridgehead atoms. The number of benzene rings is 2. The van der Waals surface area contributed by atoms with Crippen molar-refractivity contribution in [3.8, 4) is 11.5 Å². The summed E-state index contributed by atoms with van der Waals surface area (Å²) in [7, 11) is 0. The van der Waals surface area contributed by atoms with Crippen LogP contribution in [0.1, 0.15) is 117 Å². The molecule has 2 aromatic rings. The van der Waals surface area contributed by atoms with E-state index in [-0.39, 0.29) is 38.3 Å². The van der Waals surface area contributed by atoms with Gasteiger partial charge in [0.1, 0.15) is 23.7 Å². The third-order valence-electron chi connectivity index (χ3n) is 7.19. The van der Waals surface area contributed by atoms with E-state index in [2.05, 4.69) is 13.8 Å². The van der Waals surface area contributed by atoms with Crippen LogP contribution in [0, 0.1) is 0 Å². The molecule has 0 N–H and O–H groups in total. The minimum Gasteiger partial charge on any atom is -0.793 e. The fourth-order valence-corrected chi connectivity index (χ4v) is 7.97. The molecule has 2 aromatic carbocycles. The van der Waals surface area contributed by atoms with Crippen molar-refractivity contribution >= 4 is 28.9 Å². The Morgan fingerprint density at radius 2 is 1.05 bits per heavy atom. The number of ether oxygens (including phenoxy) is 2. The third kappa shape index (κ3) is 20.5. The van der Waals surface area contributed by atoms with Gasteiger partial charge in [-0.3, -0.25) is 0 Å². The number of unbranched alkanes of at least 4 members (excludes halogenated alkanes) is 12. The van der Waals surface area contributed by atoms with Gasteiger partial charge in [-0.1, -0.05) is 139 Å². The summed E-state index contributed by atoms with van der Waals surface area (Å²) < 4.78 is 18.4. The van der Waals surface area contributed by atoms with Crippen LogP contribution in [0.15, 0.2) is 60.7 Å². The van der Waals surface area contributed by atoms with Crippen LogP contribution in [0.25, 0.3) is 0 Å². The van der Waals surface area contributed by atoms with Gasteiger partial charge >= 0.3 is 0 Å². The van der Waals surface area contributed by atoms with Crippen LogP contribution >= 0.6 is 17.1 Å². The number of rotatable bonds is 26. The first-order chi connectivity index (χ1) is 20.0. The normalized spacial score (nSPS) is 14.0. The quantitative estimate of drug-likeness (QED) is 0.0558. The predicted molar refractivity (Wildman–Crippen MR) is 180 cm³/mol. The van der Waals surface area contributed by atoms with E-state index in [9.17, 15) is 4.89 Å². The van der Waals surface area contributed by atoms with Crippen LogP contribution < -0.4 is 14.4 Å². The van der Waals surface area contributed by atoms with E-state index in [0.29, 0.717) is 5.75 Å². The average Bonchev–Trinajstić information content (AvgIpc) is 2.98. The zero-order valence-corrected chi connectivity index (χ0v) is 31.8. The summed E-state index contributed by atoms with van der Waals surface area (Å²) in [5, 5.41) is 0. The standard InChI is InChI=1S/C34H55O4PS2.Zn/c1-3-5-7-9-11-13-17-27-33(37-31-23-19-15-20-24-31)29-36-39(35,40)41-30-34(38-32-25-21-16-22-26-32)28-18-14-12-10-8-6-4-2;/h15-16,19-26,33-34H,3-14,17-18,27-30H2,1-2H3,(H,35,40);/p-1. The molecule has 4 nitrogen and oxygen atoms in total. The molecule has 3 atom stereocenters. The fourth-order valence-electron chi connectivity index (χ4n) is 4.78. The van der Waals surface area contributed by atoms with Crippen LogP contribution in [-0.2, 0) is 35.8 Å². The maximum absolute atomic E-state index is 13.3. The topological polar surface area (TPSA) is 50.8 Å². The van der Waals surface area contributed by atoms with Crippen LogP contribution in [0.4, 0.5) is 0 Å². The van der Waals surface area contributed by atoms with Crippen molar-refractivity contribution < 1.29 is 38.4 Å². The van der Waals surface area contributed by atoms with E-state index in [0.717, 1.165) is 37.2 Å². The minimum atomic E-state index is -3.28. The van der Waals surface area contributed by atoms with Gasteiger partial charge in [0, 0.05) is 30.9 Å². The molecule has 42 heavy (non-hydrogen) atoms. The summed E-state index contributed by atoms with van der Waals surface area (Å²) in [5.74, 6) is 2.20. The number of hydrogen-bond acceptors (Lipinski definition) is 6. The largest absolute Gasteiger partial charge is 0.793 e. The van der Waals surface area contributed by atoms with Crippen molar-refractivity contribution in [3.05, 3.63) is 60.7 Å².